The average Bonchev–Trinajstić information content (AvgIpc) is 4.23. The molecule has 1 heterocycles. The highest BCUT2D eigenvalue weighted by molar-refractivity contribution is 6.36. The van der Waals surface area contributed by atoms with Crippen LogP contribution >= 0.6 is 0 Å². The van der Waals surface area contributed by atoms with Gasteiger partial charge in [0.2, 0.25) is 0 Å². The van der Waals surface area contributed by atoms with Crippen LogP contribution in [0.15, 0.2) is 235 Å². The van der Waals surface area contributed by atoms with Crippen molar-refractivity contribution in [3.8, 4) is 55.6 Å². The fourth-order valence-corrected chi connectivity index (χ4v) is 15.2. The third-order valence-electron chi connectivity index (χ3n) is 17.6. The van der Waals surface area contributed by atoms with Gasteiger partial charge in [0.05, 0.1) is 10.8 Å². The molecule has 1 heteroatoms. The summed E-state index contributed by atoms with van der Waals surface area (Å²) < 4.78 is 6.73. The topological polar surface area (TPSA) is 13.1 Å². The van der Waals surface area contributed by atoms with Crippen LogP contribution in [0.1, 0.15) is 44.5 Å². The van der Waals surface area contributed by atoms with E-state index >= 15 is 0 Å². The summed E-state index contributed by atoms with van der Waals surface area (Å²) in [4.78, 5) is 0. The second kappa shape index (κ2) is 12.6. The molecule has 14 aromatic rings. The first-order chi connectivity index (χ1) is 35.2. The minimum atomic E-state index is -0.559. The Morgan fingerprint density at radius 3 is 1.20 bits per heavy atom. The lowest BCUT2D eigenvalue weighted by atomic mass is 9.69. The molecule has 2 spiro atoms. The summed E-state index contributed by atoms with van der Waals surface area (Å²) in [5, 5.41) is 12.8. The van der Waals surface area contributed by atoms with E-state index in [4.69, 9.17) is 4.42 Å². The van der Waals surface area contributed by atoms with Crippen molar-refractivity contribution in [3.05, 3.63) is 275 Å². The van der Waals surface area contributed by atoms with Gasteiger partial charge in [0, 0.05) is 16.3 Å². The van der Waals surface area contributed by atoms with Crippen LogP contribution in [0.5, 0.6) is 0 Å². The quantitative estimate of drug-likeness (QED) is 0.118. The third-order valence-corrected chi connectivity index (χ3v) is 17.6. The Bertz CT molecular complexity index is 4680. The normalized spacial score (nSPS) is 14.7. The van der Waals surface area contributed by atoms with Gasteiger partial charge in [0.15, 0.2) is 0 Å². The summed E-state index contributed by atoms with van der Waals surface area (Å²) in [5.41, 5.74) is 24.6. The first-order valence-electron chi connectivity index (χ1n) is 25.0. The Balaban J connectivity index is 0.989. The van der Waals surface area contributed by atoms with E-state index in [0.717, 1.165) is 33.1 Å². The van der Waals surface area contributed by atoms with Crippen molar-refractivity contribution >= 4 is 65.0 Å². The predicted molar refractivity (Wildman–Crippen MR) is 293 cm³/mol. The molecule has 0 saturated carbocycles. The molecule has 0 N–H and O–H groups in total. The lowest BCUT2D eigenvalue weighted by Crippen LogP contribution is -2.26. The highest BCUT2D eigenvalue weighted by Gasteiger charge is 2.54. The Labute approximate surface area is 408 Å². The summed E-state index contributed by atoms with van der Waals surface area (Å²) >= 11 is 0. The zero-order valence-electron chi connectivity index (χ0n) is 38.3. The molecule has 0 saturated heterocycles. The first kappa shape index (κ1) is 36.9. The van der Waals surface area contributed by atoms with Gasteiger partial charge in [-0.1, -0.05) is 206 Å². The highest BCUT2D eigenvalue weighted by Crippen LogP contribution is 2.67. The molecule has 4 aliphatic carbocycles. The van der Waals surface area contributed by atoms with Gasteiger partial charge in [0.1, 0.15) is 11.2 Å². The van der Waals surface area contributed by atoms with Gasteiger partial charge < -0.3 is 4.42 Å². The molecular weight excluding hydrogens is 857 g/mol. The zero-order chi connectivity index (χ0) is 45.9. The van der Waals surface area contributed by atoms with E-state index in [1.54, 1.807) is 0 Å². The minimum absolute atomic E-state index is 0.440. The van der Waals surface area contributed by atoms with Crippen LogP contribution in [0, 0.1) is 0 Å². The fourth-order valence-electron chi connectivity index (χ4n) is 15.2. The van der Waals surface area contributed by atoms with Crippen LogP contribution in [0.25, 0.3) is 121 Å². The van der Waals surface area contributed by atoms with E-state index < -0.39 is 10.8 Å². The molecular formula is C70H38O. The number of fused-ring (bicyclic) bond motifs is 27. The van der Waals surface area contributed by atoms with Gasteiger partial charge >= 0.3 is 0 Å². The molecule has 71 heavy (non-hydrogen) atoms. The summed E-state index contributed by atoms with van der Waals surface area (Å²) in [6.07, 6.45) is 0. The van der Waals surface area contributed by atoms with Crippen LogP contribution in [-0.4, -0.2) is 0 Å². The molecule has 1 aromatic heterocycles. The van der Waals surface area contributed by atoms with E-state index in [9.17, 15) is 0 Å². The van der Waals surface area contributed by atoms with Crippen molar-refractivity contribution in [3.63, 3.8) is 0 Å². The number of furan rings is 1. The predicted octanol–water partition coefficient (Wildman–Crippen LogP) is 18.0. The van der Waals surface area contributed by atoms with Gasteiger partial charge in [-0.3, -0.25) is 0 Å². The third kappa shape index (κ3) is 4.08. The Hall–Kier alpha value is -9.04. The van der Waals surface area contributed by atoms with Gasteiger partial charge in [-0.15, -0.1) is 0 Å². The second-order valence-electron chi connectivity index (χ2n) is 20.4. The smallest absolute Gasteiger partial charge is 0.143 e. The molecule has 0 bridgehead atoms. The zero-order valence-corrected chi connectivity index (χ0v) is 38.3. The van der Waals surface area contributed by atoms with Crippen molar-refractivity contribution in [2.24, 2.45) is 0 Å². The molecule has 18 rings (SSSR count). The summed E-state index contributed by atoms with van der Waals surface area (Å²) in [6.45, 7) is 0. The molecule has 0 unspecified atom stereocenters. The summed E-state index contributed by atoms with van der Waals surface area (Å²) in [5.74, 6) is 0. The van der Waals surface area contributed by atoms with Crippen LogP contribution in [0.3, 0.4) is 0 Å². The monoisotopic (exact) mass is 894 g/mol. The van der Waals surface area contributed by atoms with E-state index in [1.165, 1.54) is 132 Å². The highest BCUT2D eigenvalue weighted by atomic mass is 16.3. The average molecular weight is 895 g/mol. The van der Waals surface area contributed by atoms with Crippen molar-refractivity contribution in [2.45, 2.75) is 10.8 Å². The molecule has 4 aliphatic rings. The molecule has 0 radical (unpaired) electrons. The Morgan fingerprint density at radius 2 is 0.634 bits per heavy atom. The first-order valence-corrected chi connectivity index (χ1v) is 25.0. The van der Waals surface area contributed by atoms with E-state index in [-0.39, 0.29) is 0 Å². The van der Waals surface area contributed by atoms with Crippen molar-refractivity contribution < 1.29 is 4.42 Å². The van der Waals surface area contributed by atoms with Gasteiger partial charge in [-0.05, 0) is 162 Å². The molecule has 0 aliphatic heterocycles. The Morgan fingerprint density at radius 1 is 0.239 bits per heavy atom. The summed E-state index contributed by atoms with van der Waals surface area (Å²) in [7, 11) is 0. The van der Waals surface area contributed by atoms with E-state index in [2.05, 4.69) is 231 Å². The number of para-hydroxylation sites is 2. The van der Waals surface area contributed by atoms with Crippen LogP contribution < -0.4 is 0 Å². The molecule has 0 atom stereocenters. The fraction of sp³-hybridized carbons (Fsp3) is 0.0286. The van der Waals surface area contributed by atoms with Gasteiger partial charge in [0.25, 0.3) is 0 Å². The maximum absolute atomic E-state index is 6.73. The largest absolute Gasteiger partial charge is 0.455 e. The molecule has 13 aromatic carbocycles. The number of rotatable bonds is 1. The van der Waals surface area contributed by atoms with Crippen LogP contribution in [-0.2, 0) is 10.8 Å². The van der Waals surface area contributed by atoms with Crippen LogP contribution in [0.2, 0.25) is 0 Å². The minimum Gasteiger partial charge on any atom is -0.455 e. The molecule has 1 nitrogen and oxygen atoms in total. The van der Waals surface area contributed by atoms with Gasteiger partial charge in [-0.25, -0.2) is 0 Å². The number of hydrogen-bond acceptors (Lipinski definition) is 1. The summed E-state index contributed by atoms with van der Waals surface area (Å²) in [6, 6.07) is 87.9. The lowest BCUT2D eigenvalue weighted by Gasteiger charge is -2.32. The Kier molecular flexibility index (Phi) is 6.55. The van der Waals surface area contributed by atoms with Gasteiger partial charge in [-0.2, -0.15) is 0 Å². The maximum atomic E-state index is 6.73. The standard InChI is InChI=1S/C70H38O/c1-7-28-55-41(16-1)42-17-2-8-29-56(42)69(55)59-32-11-5-21-49(59)66-51-26-14-23-47-54-38-62-67(52-27-15-24-46(65(52)54)53(64(47)51)37-61(66)69)50-35-34-39(40-22-13-25-48-45-20-6-12-33-63(45)71-68(40)48)36-60(50)70(62)57-30-9-3-18-43(57)44-19-4-10-31-58(44)70/h1-38H. The van der Waals surface area contributed by atoms with E-state index in [0.29, 0.717) is 0 Å². The van der Waals surface area contributed by atoms with Crippen molar-refractivity contribution in [2.75, 3.05) is 0 Å². The number of hydrogen-bond donors (Lipinski definition) is 0. The lowest BCUT2D eigenvalue weighted by molar-refractivity contribution is 0.670. The van der Waals surface area contributed by atoms with Crippen molar-refractivity contribution in [1.29, 1.82) is 0 Å². The molecule has 0 fully saturated rings. The molecule has 324 valence electrons. The van der Waals surface area contributed by atoms with Crippen molar-refractivity contribution in [1.82, 2.24) is 0 Å². The molecule has 0 amide bonds. The second-order valence-corrected chi connectivity index (χ2v) is 20.4. The maximum Gasteiger partial charge on any atom is 0.143 e. The SMILES string of the molecule is c1ccc2c(c1)-c1ccccc1C21c2ccccc2-c2c1cc1c3cccc4c5c(cc(c6cccc2c61)c43)C1(c2ccccc2-c2ccccc21)c1cc(-c2cccc3c2oc2ccccc23)ccc1-5. The van der Waals surface area contributed by atoms with E-state index in [1.807, 2.05) is 0 Å². The van der Waals surface area contributed by atoms with Crippen LogP contribution in [0.4, 0.5) is 0 Å². The number of benzene rings is 13.